The molecule has 1 atom stereocenters. The summed E-state index contributed by atoms with van der Waals surface area (Å²) < 4.78 is 10.3. The summed E-state index contributed by atoms with van der Waals surface area (Å²) in [7, 11) is 3.06. The van der Waals surface area contributed by atoms with E-state index in [4.69, 9.17) is 14.6 Å². The Morgan fingerprint density at radius 1 is 1.33 bits per heavy atom. The maximum atomic E-state index is 11.9. The van der Waals surface area contributed by atoms with E-state index in [0.29, 0.717) is 11.5 Å². The molecule has 1 heterocycles. The molecular weight excluding hydrogens is 376 g/mol. The van der Waals surface area contributed by atoms with E-state index < -0.39 is 23.7 Å². The number of nitrogens with one attached hydrogen (secondary N) is 2. The van der Waals surface area contributed by atoms with Crippen molar-refractivity contribution in [3.05, 3.63) is 23.8 Å². The fraction of sp³-hybridized carbons (Fsp3) is 0.312. The number of benzene rings is 1. The van der Waals surface area contributed by atoms with Crippen molar-refractivity contribution in [3.63, 3.8) is 0 Å². The molecule has 0 aromatic heterocycles. The summed E-state index contributed by atoms with van der Waals surface area (Å²) in [5.41, 5.74) is 0.718. The van der Waals surface area contributed by atoms with Crippen LogP contribution in [0, 0.1) is 0 Å². The molecule has 0 spiro atoms. The lowest BCUT2D eigenvalue weighted by Gasteiger charge is -2.07. The predicted molar refractivity (Wildman–Crippen MR) is 99.4 cm³/mol. The Kier molecular flexibility index (Phi) is 7.17. The lowest BCUT2D eigenvalue weighted by molar-refractivity contribution is -0.137. The van der Waals surface area contributed by atoms with Crippen LogP contribution in [0.15, 0.2) is 28.4 Å². The molecule has 144 valence electrons. The monoisotopic (exact) mass is 394 g/mol. The van der Waals surface area contributed by atoms with Gasteiger partial charge in [-0.2, -0.15) is 5.10 Å². The second kappa shape index (κ2) is 9.57. The molecule has 1 aromatic rings. The van der Waals surface area contributed by atoms with Gasteiger partial charge >= 0.3 is 5.97 Å². The molecule has 11 heteroatoms. The Labute approximate surface area is 159 Å². The molecule has 1 unspecified atom stereocenters. The number of carbonyl (C=O) groups excluding carboxylic acids is 2. The highest BCUT2D eigenvalue weighted by atomic mass is 32.2. The standard InChI is InChI=1S/C16H18N4O6S/c1-25-10-4-3-9(5-11(10)26-2)7-18-20-16-19-15(24)12(27-16)6-13(21)17-8-14(22)23/h3-5,7,12H,6,8H2,1-2H3,(H,17,21)(H,22,23)(H,19,20,24). The third kappa shape index (κ3) is 5.99. The van der Waals surface area contributed by atoms with Crippen LogP contribution in [0.4, 0.5) is 0 Å². The zero-order valence-corrected chi connectivity index (χ0v) is 15.4. The minimum atomic E-state index is -1.15. The first-order chi connectivity index (χ1) is 12.9. The molecule has 0 aliphatic carbocycles. The number of nitrogens with zero attached hydrogens (tertiary/aromatic N) is 2. The molecule has 0 bridgehead atoms. The highest BCUT2D eigenvalue weighted by Crippen LogP contribution is 2.27. The maximum absolute atomic E-state index is 11.9. The van der Waals surface area contributed by atoms with Gasteiger partial charge in [-0.1, -0.05) is 11.8 Å². The van der Waals surface area contributed by atoms with E-state index in [9.17, 15) is 14.4 Å². The van der Waals surface area contributed by atoms with Crippen LogP contribution < -0.4 is 20.1 Å². The highest BCUT2D eigenvalue weighted by molar-refractivity contribution is 8.15. The first-order valence-electron chi connectivity index (χ1n) is 7.72. The van der Waals surface area contributed by atoms with Gasteiger partial charge in [-0.3, -0.25) is 14.4 Å². The van der Waals surface area contributed by atoms with Gasteiger partial charge in [0.1, 0.15) is 11.8 Å². The van der Waals surface area contributed by atoms with E-state index in [-0.39, 0.29) is 17.5 Å². The van der Waals surface area contributed by atoms with Crippen LogP contribution in [-0.4, -0.2) is 60.3 Å². The summed E-state index contributed by atoms with van der Waals surface area (Å²) in [6, 6.07) is 5.21. The van der Waals surface area contributed by atoms with Crippen LogP contribution in [-0.2, 0) is 14.4 Å². The summed E-state index contributed by atoms with van der Waals surface area (Å²) in [5, 5.41) is 20.7. The molecule has 2 amide bonds. The molecule has 0 saturated carbocycles. The van der Waals surface area contributed by atoms with Gasteiger partial charge in [0.25, 0.3) is 0 Å². The fourth-order valence-corrected chi connectivity index (χ4v) is 3.01. The number of carbonyl (C=O) groups is 3. The van der Waals surface area contributed by atoms with E-state index in [1.54, 1.807) is 18.2 Å². The number of ether oxygens (including phenoxy) is 2. The zero-order chi connectivity index (χ0) is 19.8. The lowest BCUT2D eigenvalue weighted by atomic mass is 10.2. The molecule has 10 nitrogen and oxygen atoms in total. The average molecular weight is 394 g/mol. The highest BCUT2D eigenvalue weighted by Gasteiger charge is 2.32. The normalized spacial score (nSPS) is 17.8. The number of aliphatic carboxylic acids is 1. The summed E-state index contributed by atoms with van der Waals surface area (Å²) >= 11 is 1.05. The first kappa shape index (κ1) is 20.2. The minimum Gasteiger partial charge on any atom is -0.493 e. The quantitative estimate of drug-likeness (QED) is 0.423. The Balaban J connectivity index is 1.94. The molecular formula is C16H18N4O6S. The van der Waals surface area contributed by atoms with Crippen LogP contribution in [0.2, 0.25) is 0 Å². The molecule has 0 radical (unpaired) electrons. The number of methoxy groups -OCH3 is 2. The Morgan fingerprint density at radius 3 is 2.74 bits per heavy atom. The van der Waals surface area contributed by atoms with E-state index in [1.807, 2.05) is 0 Å². The number of carboxylic acids is 1. The molecule has 1 aliphatic rings. The van der Waals surface area contributed by atoms with Crippen LogP contribution in [0.5, 0.6) is 11.5 Å². The van der Waals surface area contributed by atoms with Gasteiger partial charge in [0.2, 0.25) is 11.8 Å². The third-order valence-corrected chi connectivity index (χ3v) is 4.42. The molecule has 1 aromatic carbocycles. The van der Waals surface area contributed by atoms with Gasteiger partial charge in [-0.05, 0) is 23.8 Å². The number of amidine groups is 1. The summed E-state index contributed by atoms with van der Waals surface area (Å²) in [4.78, 5) is 33.9. The van der Waals surface area contributed by atoms with Crippen LogP contribution in [0.25, 0.3) is 0 Å². The van der Waals surface area contributed by atoms with E-state index in [0.717, 1.165) is 17.3 Å². The second-order valence-corrected chi connectivity index (χ2v) is 6.43. The van der Waals surface area contributed by atoms with Crippen LogP contribution in [0.1, 0.15) is 12.0 Å². The predicted octanol–water partition coefficient (Wildman–Crippen LogP) is 0.216. The minimum absolute atomic E-state index is 0.151. The molecule has 2 rings (SSSR count). The van der Waals surface area contributed by atoms with Crippen molar-refractivity contribution < 1.29 is 29.0 Å². The Hall–Kier alpha value is -3.08. The largest absolute Gasteiger partial charge is 0.493 e. The van der Waals surface area contributed by atoms with Crippen molar-refractivity contribution in [2.75, 3.05) is 20.8 Å². The molecule has 1 aliphatic heterocycles. The Bertz CT molecular complexity index is 795. The molecule has 27 heavy (non-hydrogen) atoms. The van der Waals surface area contributed by atoms with Gasteiger partial charge in [0.15, 0.2) is 16.7 Å². The van der Waals surface area contributed by atoms with Crippen molar-refractivity contribution in [2.45, 2.75) is 11.7 Å². The number of thioether (sulfide) groups is 1. The van der Waals surface area contributed by atoms with Gasteiger partial charge in [0, 0.05) is 6.42 Å². The number of hydrogen-bond acceptors (Lipinski definition) is 8. The fourth-order valence-electron chi connectivity index (χ4n) is 2.08. The second-order valence-electron chi connectivity index (χ2n) is 5.23. The zero-order valence-electron chi connectivity index (χ0n) is 14.6. The maximum Gasteiger partial charge on any atom is 0.322 e. The van der Waals surface area contributed by atoms with Crippen molar-refractivity contribution >= 4 is 40.9 Å². The lowest BCUT2D eigenvalue weighted by Crippen LogP contribution is -2.33. The smallest absolute Gasteiger partial charge is 0.322 e. The number of amides is 2. The van der Waals surface area contributed by atoms with Crippen LogP contribution >= 0.6 is 11.8 Å². The molecule has 3 N–H and O–H groups in total. The van der Waals surface area contributed by atoms with Gasteiger partial charge in [-0.15, -0.1) is 5.10 Å². The molecule has 1 fully saturated rings. The summed E-state index contributed by atoms with van der Waals surface area (Å²) in [6.45, 7) is -0.492. The first-order valence-corrected chi connectivity index (χ1v) is 8.60. The van der Waals surface area contributed by atoms with Gasteiger partial charge in [-0.25, -0.2) is 0 Å². The summed E-state index contributed by atoms with van der Waals surface area (Å²) in [5.74, 6) is -0.932. The van der Waals surface area contributed by atoms with E-state index in [2.05, 4.69) is 20.8 Å². The summed E-state index contributed by atoms with van der Waals surface area (Å²) in [6.07, 6.45) is 1.33. The SMILES string of the molecule is COc1ccc(C=NN=C2NC(=O)C(CC(=O)NCC(=O)O)S2)cc1OC. The van der Waals surface area contributed by atoms with Gasteiger partial charge in [0.05, 0.1) is 20.4 Å². The number of carboxylic acid groups (broad SMARTS) is 1. The van der Waals surface area contributed by atoms with Crippen molar-refractivity contribution in [1.82, 2.24) is 10.6 Å². The van der Waals surface area contributed by atoms with Gasteiger partial charge < -0.3 is 25.2 Å². The third-order valence-electron chi connectivity index (χ3n) is 3.35. The molecule has 1 saturated heterocycles. The van der Waals surface area contributed by atoms with Crippen molar-refractivity contribution in [3.8, 4) is 11.5 Å². The Morgan fingerprint density at radius 2 is 2.07 bits per heavy atom. The topological polar surface area (TPSA) is 139 Å². The van der Waals surface area contributed by atoms with Crippen LogP contribution in [0.3, 0.4) is 0 Å². The van der Waals surface area contributed by atoms with Crippen molar-refractivity contribution in [1.29, 1.82) is 0 Å². The van der Waals surface area contributed by atoms with E-state index in [1.165, 1.54) is 20.4 Å². The average Bonchev–Trinajstić information content (AvgIpc) is 2.99. The number of hydrogen-bond donors (Lipinski definition) is 3. The van der Waals surface area contributed by atoms with Crippen molar-refractivity contribution in [2.24, 2.45) is 10.2 Å². The van der Waals surface area contributed by atoms with E-state index >= 15 is 0 Å². The number of rotatable bonds is 8.